The highest BCUT2D eigenvalue weighted by atomic mass is 16.5. The second-order valence-electron chi connectivity index (χ2n) is 4.38. The van der Waals surface area contributed by atoms with Crippen LogP contribution in [-0.2, 0) is 0 Å². The average Bonchev–Trinajstić information content (AvgIpc) is 3.04. The summed E-state index contributed by atoms with van der Waals surface area (Å²) >= 11 is 0. The predicted octanol–water partition coefficient (Wildman–Crippen LogP) is 2.98. The number of hydrogen-bond donors (Lipinski definition) is 0. The second-order valence-corrected chi connectivity index (χ2v) is 4.38. The standard InChI is InChI=1S/C15H14N4O2/c1-2-10-20-13-8-4-3-6-11(13)15-17-14(19-21-15)12-7-5-9-16-18-12/h3-9H,2,10H2,1H3. The Morgan fingerprint density at radius 3 is 2.86 bits per heavy atom. The third kappa shape index (κ3) is 2.89. The summed E-state index contributed by atoms with van der Waals surface area (Å²) in [5.41, 5.74) is 1.34. The molecule has 0 atom stereocenters. The Bertz CT molecular complexity index is 712. The van der Waals surface area contributed by atoms with Gasteiger partial charge in [-0.2, -0.15) is 10.1 Å². The van der Waals surface area contributed by atoms with Gasteiger partial charge < -0.3 is 9.26 Å². The van der Waals surface area contributed by atoms with Gasteiger partial charge in [0.05, 0.1) is 12.2 Å². The van der Waals surface area contributed by atoms with Gasteiger partial charge in [0.25, 0.3) is 5.89 Å². The summed E-state index contributed by atoms with van der Waals surface area (Å²) in [6.07, 6.45) is 2.53. The molecule has 0 saturated heterocycles. The van der Waals surface area contributed by atoms with Crippen LogP contribution in [0.5, 0.6) is 5.75 Å². The molecule has 0 bridgehead atoms. The summed E-state index contributed by atoms with van der Waals surface area (Å²) in [7, 11) is 0. The first-order valence-corrected chi connectivity index (χ1v) is 6.72. The van der Waals surface area contributed by atoms with Gasteiger partial charge in [-0.25, -0.2) is 0 Å². The molecule has 0 aliphatic rings. The van der Waals surface area contributed by atoms with Gasteiger partial charge in [0.15, 0.2) is 0 Å². The zero-order valence-corrected chi connectivity index (χ0v) is 11.6. The molecule has 2 aromatic heterocycles. The molecule has 6 heteroatoms. The molecule has 2 heterocycles. The molecule has 3 rings (SSSR count). The molecule has 0 radical (unpaired) electrons. The Kier molecular flexibility index (Phi) is 3.86. The fraction of sp³-hybridized carbons (Fsp3) is 0.200. The van der Waals surface area contributed by atoms with Crippen LogP contribution in [0.15, 0.2) is 47.1 Å². The predicted molar refractivity (Wildman–Crippen MR) is 76.5 cm³/mol. The van der Waals surface area contributed by atoms with E-state index in [0.29, 0.717) is 24.0 Å². The molecule has 0 N–H and O–H groups in total. The van der Waals surface area contributed by atoms with Crippen molar-refractivity contribution in [2.75, 3.05) is 6.61 Å². The van der Waals surface area contributed by atoms with Crippen molar-refractivity contribution < 1.29 is 9.26 Å². The maximum Gasteiger partial charge on any atom is 0.262 e. The topological polar surface area (TPSA) is 73.9 Å². The zero-order valence-electron chi connectivity index (χ0n) is 11.6. The van der Waals surface area contributed by atoms with Crippen molar-refractivity contribution in [2.45, 2.75) is 13.3 Å². The van der Waals surface area contributed by atoms with Crippen LogP contribution in [0.25, 0.3) is 23.0 Å². The van der Waals surface area contributed by atoms with Crippen molar-refractivity contribution in [3.63, 3.8) is 0 Å². The van der Waals surface area contributed by atoms with Crippen LogP contribution in [0.4, 0.5) is 0 Å². The van der Waals surface area contributed by atoms with E-state index in [2.05, 4.69) is 27.3 Å². The minimum Gasteiger partial charge on any atom is -0.493 e. The lowest BCUT2D eigenvalue weighted by atomic mass is 10.2. The Morgan fingerprint density at radius 2 is 2.05 bits per heavy atom. The molecule has 0 aliphatic heterocycles. The highest BCUT2D eigenvalue weighted by Gasteiger charge is 2.15. The minimum absolute atomic E-state index is 0.405. The first kappa shape index (κ1) is 13.2. The summed E-state index contributed by atoms with van der Waals surface area (Å²) < 4.78 is 11.0. The number of ether oxygens (including phenoxy) is 1. The summed E-state index contributed by atoms with van der Waals surface area (Å²) in [5, 5.41) is 11.7. The number of nitrogens with zero attached hydrogens (tertiary/aromatic N) is 4. The fourth-order valence-corrected chi connectivity index (χ4v) is 1.84. The summed E-state index contributed by atoms with van der Waals surface area (Å²) in [5.74, 6) is 1.54. The van der Waals surface area contributed by atoms with E-state index in [4.69, 9.17) is 9.26 Å². The number of rotatable bonds is 5. The lowest BCUT2D eigenvalue weighted by Crippen LogP contribution is -1.96. The van der Waals surface area contributed by atoms with E-state index in [0.717, 1.165) is 17.7 Å². The molecule has 0 aliphatic carbocycles. The van der Waals surface area contributed by atoms with Crippen molar-refractivity contribution in [3.8, 4) is 28.7 Å². The third-order valence-electron chi connectivity index (χ3n) is 2.81. The monoisotopic (exact) mass is 282 g/mol. The van der Waals surface area contributed by atoms with Gasteiger partial charge in [-0.3, -0.25) is 0 Å². The van der Waals surface area contributed by atoms with Crippen LogP contribution in [0.2, 0.25) is 0 Å². The zero-order chi connectivity index (χ0) is 14.5. The highest BCUT2D eigenvalue weighted by molar-refractivity contribution is 5.64. The van der Waals surface area contributed by atoms with E-state index in [9.17, 15) is 0 Å². The normalized spacial score (nSPS) is 10.5. The Balaban J connectivity index is 1.93. The van der Waals surface area contributed by atoms with E-state index < -0.39 is 0 Å². The molecule has 0 fully saturated rings. The average molecular weight is 282 g/mol. The lowest BCUT2D eigenvalue weighted by molar-refractivity contribution is 0.317. The second kappa shape index (κ2) is 6.13. The minimum atomic E-state index is 0.405. The van der Waals surface area contributed by atoms with Crippen LogP contribution in [0.3, 0.4) is 0 Å². The molecule has 0 unspecified atom stereocenters. The molecular formula is C15H14N4O2. The number of hydrogen-bond acceptors (Lipinski definition) is 6. The third-order valence-corrected chi connectivity index (χ3v) is 2.81. The van der Waals surface area contributed by atoms with Gasteiger partial charge in [-0.05, 0) is 30.7 Å². The number of benzene rings is 1. The first-order valence-electron chi connectivity index (χ1n) is 6.72. The highest BCUT2D eigenvalue weighted by Crippen LogP contribution is 2.29. The van der Waals surface area contributed by atoms with Gasteiger partial charge in [0.2, 0.25) is 5.82 Å². The summed E-state index contributed by atoms with van der Waals surface area (Å²) in [6, 6.07) is 11.1. The van der Waals surface area contributed by atoms with Crippen LogP contribution in [-0.4, -0.2) is 26.9 Å². The molecular weight excluding hydrogens is 268 g/mol. The van der Waals surface area contributed by atoms with Crippen molar-refractivity contribution >= 4 is 0 Å². The van der Waals surface area contributed by atoms with E-state index in [1.165, 1.54) is 0 Å². The summed E-state index contributed by atoms with van der Waals surface area (Å²) in [6.45, 7) is 2.70. The van der Waals surface area contributed by atoms with Gasteiger partial charge in [0, 0.05) is 6.20 Å². The van der Waals surface area contributed by atoms with Crippen molar-refractivity contribution in [3.05, 3.63) is 42.6 Å². The molecule has 0 saturated carbocycles. The number of aromatic nitrogens is 4. The van der Waals surface area contributed by atoms with Crippen LogP contribution >= 0.6 is 0 Å². The Morgan fingerprint density at radius 1 is 1.14 bits per heavy atom. The van der Waals surface area contributed by atoms with Gasteiger partial charge in [-0.15, -0.1) is 5.10 Å². The molecule has 3 aromatic rings. The molecule has 21 heavy (non-hydrogen) atoms. The smallest absolute Gasteiger partial charge is 0.262 e. The lowest BCUT2D eigenvalue weighted by Gasteiger charge is -2.07. The molecule has 0 amide bonds. The van der Waals surface area contributed by atoms with Crippen molar-refractivity contribution in [2.24, 2.45) is 0 Å². The SMILES string of the molecule is CCCOc1ccccc1-c1nc(-c2cccnn2)no1. The number of para-hydroxylation sites is 1. The maximum absolute atomic E-state index is 5.70. The largest absolute Gasteiger partial charge is 0.493 e. The maximum atomic E-state index is 5.70. The van der Waals surface area contributed by atoms with Gasteiger partial charge >= 0.3 is 0 Å². The van der Waals surface area contributed by atoms with Gasteiger partial charge in [-0.1, -0.05) is 24.2 Å². The Labute approximate surface area is 121 Å². The summed E-state index contributed by atoms with van der Waals surface area (Å²) in [4.78, 5) is 4.36. The molecule has 0 spiro atoms. The molecule has 106 valence electrons. The molecule has 6 nitrogen and oxygen atoms in total. The van der Waals surface area contributed by atoms with Crippen molar-refractivity contribution in [1.82, 2.24) is 20.3 Å². The van der Waals surface area contributed by atoms with Crippen LogP contribution in [0, 0.1) is 0 Å². The first-order chi connectivity index (χ1) is 10.4. The Hall–Kier alpha value is -2.76. The van der Waals surface area contributed by atoms with E-state index in [-0.39, 0.29) is 0 Å². The van der Waals surface area contributed by atoms with E-state index in [1.54, 1.807) is 18.3 Å². The fourth-order valence-electron chi connectivity index (χ4n) is 1.84. The van der Waals surface area contributed by atoms with Crippen molar-refractivity contribution in [1.29, 1.82) is 0 Å². The van der Waals surface area contributed by atoms with Crippen LogP contribution in [0.1, 0.15) is 13.3 Å². The van der Waals surface area contributed by atoms with E-state index >= 15 is 0 Å². The van der Waals surface area contributed by atoms with Crippen LogP contribution < -0.4 is 4.74 Å². The van der Waals surface area contributed by atoms with Gasteiger partial charge in [0.1, 0.15) is 11.4 Å². The quantitative estimate of drug-likeness (QED) is 0.716. The molecule has 1 aromatic carbocycles. The van der Waals surface area contributed by atoms with E-state index in [1.807, 2.05) is 24.3 Å².